The van der Waals surface area contributed by atoms with Gasteiger partial charge in [-0.25, -0.2) is 0 Å². The van der Waals surface area contributed by atoms with Crippen molar-refractivity contribution in [3.05, 3.63) is 0 Å². The minimum absolute atomic E-state index is 0.285. The first-order chi connectivity index (χ1) is 6.61. The van der Waals surface area contributed by atoms with Gasteiger partial charge in [0.15, 0.2) is 0 Å². The van der Waals surface area contributed by atoms with E-state index in [0.717, 1.165) is 32.5 Å². The molecule has 3 nitrogen and oxygen atoms in total. The number of nitrogens with two attached hydrogens (primary N) is 1. The molecule has 0 fully saturated rings. The van der Waals surface area contributed by atoms with E-state index in [1.54, 1.807) is 7.11 Å². The standard InChI is InChI=1S/C11H26N2O/c1-5-13(10(2)3)9-11(12)7-6-8-14-4/h10-11H,5-9,12H2,1-4H3. The zero-order chi connectivity index (χ0) is 11.0. The number of nitrogens with zero attached hydrogens (tertiary/aromatic N) is 1. The van der Waals surface area contributed by atoms with Gasteiger partial charge >= 0.3 is 0 Å². The van der Waals surface area contributed by atoms with Crippen molar-refractivity contribution in [3.63, 3.8) is 0 Å². The zero-order valence-electron chi connectivity index (χ0n) is 10.1. The van der Waals surface area contributed by atoms with Crippen LogP contribution >= 0.6 is 0 Å². The molecule has 0 rings (SSSR count). The Morgan fingerprint density at radius 2 is 2.00 bits per heavy atom. The van der Waals surface area contributed by atoms with E-state index in [-0.39, 0.29) is 6.04 Å². The van der Waals surface area contributed by atoms with Crippen LogP contribution in [0.15, 0.2) is 0 Å². The summed E-state index contributed by atoms with van der Waals surface area (Å²) in [5, 5.41) is 0. The van der Waals surface area contributed by atoms with Gasteiger partial charge in [-0.3, -0.25) is 4.90 Å². The van der Waals surface area contributed by atoms with Crippen LogP contribution in [0.25, 0.3) is 0 Å². The molecule has 0 heterocycles. The summed E-state index contributed by atoms with van der Waals surface area (Å²) in [4.78, 5) is 2.40. The lowest BCUT2D eigenvalue weighted by Gasteiger charge is -2.27. The molecule has 0 saturated carbocycles. The van der Waals surface area contributed by atoms with Crippen molar-refractivity contribution in [2.75, 3.05) is 26.8 Å². The molecule has 0 aromatic rings. The van der Waals surface area contributed by atoms with Gasteiger partial charge < -0.3 is 10.5 Å². The van der Waals surface area contributed by atoms with Crippen molar-refractivity contribution in [1.82, 2.24) is 4.90 Å². The number of methoxy groups -OCH3 is 1. The topological polar surface area (TPSA) is 38.5 Å². The van der Waals surface area contributed by atoms with E-state index in [9.17, 15) is 0 Å². The third-order valence-electron chi connectivity index (χ3n) is 2.53. The smallest absolute Gasteiger partial charge is 0.0462 e. The Morgan fingerprint density at radius 3 is 2.43 bits per heavy atom. The maximum atomic E-state index is 6.03. The van der Waals surface area contributed by atoms with Crippen LogP contribution in [0.1, 0.15) is 33.6 Å². The normalized spacial score (nSPS) is 13.9. The molecule has 0 saturated heterocycles. The lowest BCUT2D eigenvalue weighted by Crippen LogP contribution is -2.41. The zero-order valence-corrected chi connectivity index (χ0v) is 10.1. The van der Waals surface area contributed by atoms with Gasteiger partial charge in [0.2, 0.25) is 0 Å². The van der Waals surface area contributed by atoms with Gasteiger partial charge in [0, 0.05) is 32.3 Å². The molecule has 0 aliphatic heterocycles. The summed E-state index contributed by atoms with van der Waals surface area (Å²) in [6, 6.07) is 0.876. The van der Waals surface area contributed by atoms with Crippen LogP contribution in [-0.2, 0) is 4.74 Å². The van der Waals surface area contributed by atoms with Gasteiger partial charge in [0.05, 0.1) is 0 Å². The average molecular weight is 202 g/mol. The fraction of sp³-hybridized carbons (Fsp3) is 1.00. The molecule has 0 spiro atoms. The molecule has 3 heteroatoms. The molecular weight excluding hydrogens is 176 g/mol. The van der Waals surface area contributed by atoms with Crippen molar-refractivity contribution in [1.29, 1.82) is 0 Å². The Labute approximate surface area is 88.6 Å². The summed E-state index contributed by atoms with van der Waals surface area (Å²) < 4.78 is 5.00. The highest BCUT2D eigenvalue weighted by atomic mass is 16.5. The summed E-state index contributed by atoms with van der Waals surface area (Å²) in [7, 11) is 1.73. The van der Waals surface area contributed by atoms with Crippen LogP contribution in [0.4, 0.5) is 0 Å². The van der Waals surface area contributed by atoms with Crippen LogP contribution < -0.4 is 5.73 Å². The molecule has 14 heavy (non-hydrogen) atoms. The molecule has 0 bridgehead atoms. The van der Waals surface area contributed by atoms with E-state index in [1.165, 1.54) is 0 Å². The predicted octanol–water partition coefficient (Wildman–Crippen LogP) is 1.47. The maximum absolute atomic E-state index is 6.03. The van der Waals surface area contributed by atoms with Gasteiger partial charge in [-0.05, 0) is 33.2 Å². The Balaban J connectivity index is 3.62. The third-order valence-corrected chi connectivity index (χ3v) is 2.53. The quantitative estimate of drug-likeness (QED) is 0.606. The number of ether oxygens (including phenoxy) is 1. The van der Waals surface area contributed by atoms with Crippen molar-refractivity contribution >= 4 is 0 Å². The molecule has 1 unspecified atom stereocenters. The van der Waals surface area contributed by atoms with E-state index >= 15 is 0 Å². The van der Waals surface area contributed by atoms with E-state index in [2.05, 4.69) is 25.7 Å². The number of likely N-dealkylation sites (N-methyl/N-ethyl adjacent to an activating group) is 1. The number of hydrogen-bond donors (Lipinski definition) is 1. The van der Waals surface area contributed by atoms with Crippen molar-refractivity contribution in [3.8, 4) is 0 Å². The van der Waals surface area contributed by atoms with Crippen LogP contribution in [0.3, 0.4) is 0 Å². The molecule has 1 atom stereocenters. The van der Waals surface area contributed by atoms with E-state index in [0.29, 0.717) is 6.04 Å². The van der Waals surface area contributed by atoms with Crippen LogP contribution in [0.5, 0.6) is 0 Å². The van der Waals surface area contributed by atoms with Crippen molar-refractivity contribution in [2.24, 2.45) is 5.73 Å². The molecule has 86 valence electrons. The molecule has 0 aliphatic rings. The van der Waals surface area contributed by atoms with Crippen LogP contribution in [0.2, 0.25) is 0 Å². The molecule has 0 amide bonds. The molecule has 0 radical (unpaired) electrons. The van der Waals surface area contributed by atoms with Gasteiger partial charge in [0.1, 0.15) is 0 Å². The molecule has 0 aromatic heterocycles. The maximum Gasteiger partial charge on any atom is 0.0462 e. The lowest BCUT2D eigenvalue weighted by atomic mass is 10.1. The molecule has 0 aromatic carbocycles. The fourth-order valence-electron chi connectivity index (χ4n) is 1.59. The molecule has 0 aliphatic carbocycles. The SMILES string of the molecule is CCN(CC(N)CCCOC)C(C)C. The van der Waals surface area contributed by atoms with Crippen molar-refractivity contribution < 1.29 is 4.74 Å². The average Bonchev–Trinajstić information content (AvgIpc) is 2.14. The van der Waals surface area contributed by atoms with E-state index in [1.807, 2.05) is 0 Å². The highest BCUT2D eigenvalue weighted by Crippen LogP contribution is 2.02. The first-order valence-corrected chi connectivity index (χ1v) is 5.60. The first-order valence-electron chi connectivity index (χ1n) is 5.60. The molecule has 2 N–H and O–H groups in total. The summed E-state index contributed by atoms with van der Waals surface area (Å²) in [5.41, 5.74) is 6.03. The first kappa shape index (κ1) is 13.9. The number of hydrogen-bond acceptors (Lipinski definition) is 3. The van der Waals surface area contributed by atoms with Gasteiger partial charge in [-0.2, -0.15) is 0 Å². The summed E-state index contributed by atoms with van der Waals surface area (Å²) in [6.45, 7) is 9.51. The van der Waals surface area contributed by atoms with Crippen LogP contribution in [0, 0.1) is 0 Å². The van der Waals surface area contributed by atoms with Gasteiger partial charge in [0.25, 0.3) is 0 Å². The minimum Gasteiger partial charge on any atom is -0.385 e. The second-order valence-corrected chi connectivity index (χ2v) is 4.08. The Morgan fingerprint density at radius 1 is 1.36 bits per heavy atom. The summed E-state index contributed by atoms with van der Waals surface area (Å²) >= 11 is 0. The Kier molecular flexibility index (Phi) is 8.14. The third kappa shape index (κ3) is 6.35. The summed E-state index contributed by atoms with van der Waals surface area (Å²) in [5.74, 6) is 0. The second kappa shape index (κ2) is 8.21. The number of rotatable bonds is 8. The van der Waals surface area contributed by atoms with Crippen LogP contribution in [-0.4, -0.2) is 43.8 Å². The van der Waals surface area contributed by atoms with Gasteiger partial charge in [-0.15, -0.1) is 0 Å². The minimum atomic E-state index is 0.285. The van der Waals surface area contributed by atoms with E-state index in [4.69, 9.17) is 10.5 Å². The predicted molar refractivity (Wildman–Crippen MR) is 61.5 cm³/mol. The summed E-state index contributed by atoms with van der Waals surface area (Å²) in [6.07, 6.45) is 2.12. The second-order valence-electron chi connectivity index (χ2n) is 4.08. The van der Waals surface area contributed by atoms with Crippen molar-refractivity contribution in [2.45, 2.75) is 45.7 Å². The largest absolute Gasteiger partial charge is 0.385 e. The Bertz CT molecular complexity index is 128. The monoisotopic (exact) mass is 202 g/mol. The highest BCUT2D eigenvalue weighted by molar-refractivity contribution is 4.70. The van der Waals surface area contributed by atoms with E-state index < -0.39 is 0 Å². The molecular formula is C11H26N2O. The lowest BCUT2D eigenvalue weighted by molar-refractivity contribution is 0.180. The fourth-order valence-corrected chi connectivity index (χ4v) is 1.59. The van der Waals surface area contributed by atoms with Gasteiger partial charge in [-0.1, -0.05) is 6.92 Å². The highest BCUT2D eigenvalue weighted by Gasteiger charge is 2.11. The Hall–Kier alpha value is -0.120.